The van der Waals surface area contributed by atoms with Crippen LogP contribution in [0.5, 0.6) is 0 Å². The molecule has 7 nitrogen and oxygen atoms in total. The highest BCUT2D eigenvalue weighted by Crippen LogP contribution is 2.20. The molecule has 2 aromatic rings. The highest BCUT2D eigenvalue weighted by atomic mass is 32.2. The van der Waals surface area contributed by atoms with E-state index in [0.717, 1.165) is 29.1 Å². The van der Waals surface area contributed by atoms with Gasteiger partial charge < -0.3 is 10.6 Å². The summed E-state index contributed by atoms with van der Waals surface area (Å²) in [5.74, 6) is 0.293. The number of carbonyl (C=O) groups excluding carboxylic acids is 2. The summed E-state index contributed by atoms with van der Waals surface area (Å²) in [4.78, 5) is 28.5. The maximum Gasteiger partial charge on any atom is 0.243 e. The van der Waals surface area contributed by atoms with Crippen LogP contribution >= 0.6 is 11.8 Å². The number of carbonyl (C=O) groups is 2. The Hall–Kier alpha value is -2.35. The summed E-state index contributed by atoms with van der Waals surface area (Å²) >= 11 is 1.25. The topological polar surface area (TPSA) is 99.8 Å². The van der Waals surface area contributed by atoms with Crippen molar-refractivity contribution in [2.75, 3.05) is 11.9 Å². The minimum Gasteiger partial charge on any atom is -0.346 e. The van der Waals surface area contributed by atoms with Crippen molar-refractivity contribution in [3.8, 4) is 0 Å². The first kappa shape index (κ1) is 19.0. The standard InChI is InChI=1S/C17H23N5O2S/c1-5-13-19-17(22-21-13)25-12(4)16(24)18-9-14(23)20-15-10(2)7-6-8-11(15)3/h6-8,12H,5,9H2,1-4H3,(H,18,24)(H,20,23)(H,19,21,22). The molecule has 1 heterocycles. The van der Waals surface area contributed by atoms with Crippen LogP contribution in [0, 0.1) is 13.8 Å². The van der Waals surface area contributed by atoms with E-state index in [1.165, 1.54) is 11.8 Å². The van der Waals surface area contributed by atoms with Gasteiger partial charge in [-0.05, 0) is 31.9 Å². The molecule has 25 heavy (non-hydrogen) atoms. The normalized spacial score (nSPS) is 11.8. The lowest BCUT2D eigenvalue weighted by atomic mass is 10.1. The molecule has 1 aromatic heterocycles. The van der Waals surface area contributed by atoms with Crippen molar-refractivity contribution in [1.82, 2.24) is 20.5 Å². The van der Waals surface area contributed by atoms with Crippen molar-refractivity contribution in [1.29, 1.82) is 0 Å². The molecule has 2 amide bonds. The Kier molecular flexibility index (Phi) is 6.58. The van der Waals surface area contributed by atoms with Crippen LogP contribution < -0.4 is 10.6 Å². The van der Waals surface area contributed by atoms with Gasteiger partial charge in [0.05, 0.1) is 11.8 Å². The summed E-state index contributed by atoms with van der Waals surface area (Å²) in [6, 6.07) is 5.80. The number of H-pyrrole nitrogens is 1. The van der Waals surface area contributed by atoms with E-state index in [4.69, 9.17) is 0 Å². The van der Waals surface area contributed by atoms with E-state index >= 15 is 0 Å². The van der Waals surface area contributed by atoms with E-state index in [0.29, 0.717) is 5.16 Å². The van der Waals surface area contributed by atoms with Gasteiger partial charge in [0.2, 0.25) is 17.0 Å². The molecule has 134 valence electrons. The molecule has 0 radical (unpaired) electrons. The molecule has 1 unspecified atom stereocenters. The number of aryl methyl sites for hydroxylation is 3. The first-order chi connectivity index (χ1) is 11.9. The van der Waals surface area contributed by atoms with Gasteiger partial charge in [-0.3, -0.25) is 14.7 Å². The van der Waals surface area contributed by atoms with Crippen LogP contribution in [-0.4, -0.2) is 38.8 Å². The SMILES string of the molecule is CCc1nc(SC(C)C(=O)NCC(=O)Nc2c(C)cccc2C)n[nH]1. The van der Waals surface area contributed by atoms with Crippen LogP contribution in [0.2, 0.25) is 0 Å². The molecule has 2 rings (SSSR count). The van der Waals surface area contributed by atoms with Crippen LogP contribution in [0.4, 0.5) is 5.69 Å². The van der Waals surface area contributed by atoms with Gasteiger partial charge >= 0.3 is 0 Å². The van der Waals surface area contributed by atoms with Gasteiger partial charge in [0, 0.05) is 12.1 Å². The molecular weight excluding hydrogens is 338 g/mol. The fraction of sp³-hybridized carbons (Fsp3) is 0.412. The first-order valence-corrected chi connectivity index (χ1v) is 9.00. The van der Waals surface area contributed by atoms with Crippen LogP contribution in [0.15, 0.2) is 23.4 Å². The van der Waals surface area contributed by atoms with Crippen LogP contribution in [0.3, 0.4) is 0 Å². The van der Waals surface area contributed by atoms with E-state index < -0.39 is 5.25 Å². The van der Waals surface area contributed by atoms with Gasteiger partial charge in [0.15, 0.2) is 0 Å². The number of hydrogen-bond donors (Lipinski definition) is 3. The zero-order valence-corrected chi connectivity index (χ0v) is 15.7. The molecule has 1 aromatic carbocycles. The third kappa shape index (κ3) is 5.32. The van der Waals surface area contributed by atoms with E-state index in [2.05, 4.69) is 25.8 Å². The molecule has 0 saturated carbocycles. The number of aromatic nitrogens is 3. The lowest BCUT2D eigenvalue weighted by Gasteiger charge is -2.13. The van der Waals surface area contributed by atoms with Crippen molar-refractivity contribution in [3.63, 3.8) is 0 Å². The lowest BCUT2D eigenvalue weighted by molar-refractivity contribution is -0.123. The second kappa shape index (κ2) is 8.66. The number of hydrogen-bond acceptors (Lipinski definition) is 5. The summed E-state index contributed by atoms with van der Waals surface area (Å²) in [6.45, 7) is 7.51. The molecule has 0 spiro atoms. The van der Waals surface area contributed by atoms with Crippen LogP contribution in [0.25, 0.3) is 0 Å². The molecule has 8 heteroatoms. The molecule has 3 N–H and O–H groups in total. The van der Waals surface area contributed by atoms with Crippen molar-refractivity contribution in [2.45, 2.75) is 44.5 Å². The maximum absolute atomic E-state index is 12.1. The smallest absolute Gasteiger partial charge is 0.243 e. The number of amides is 2. The summed E-state index contributed by atoms with van der Waals surface area (Å²) in [5, 5.41) is 12.5. The molecule has 0 aliphatic carbocycles. The number of aromatic amines is 1. The molecular formula is C17H23N5O2S. The Balaban J connectivity index is 1.83. The second-order valence-corrected chi connectivity index (χ2v) is 7.02. The minimum atomic E-state index is -0.395. The Labute approximate surface area is 151 Å². The molecule has 0 aliphatic heterocycles. The van der Waals surface area contributed by atoms with Gasteiger partial charge in [-0.25, -0.2) is 4.98 Å². The number of nitrogens with zero attached hydrogens (tertiary/aromatic N) is 2. The highest BCUT2D eigenvalue weighted by molar-refractivity contribution is 8.00. The molecule has 0 aliphatic rings. The van der Waals surface area contributed by atoms with Gasteiger partial charge in [-0.1, -0.05) is 36.9 Å². The Morgan fingerprint density at radius 1 is 1.28 bits per heavy atom. The molecule has 1 atom stereocenters. The monoisotopic (exact) mass is 361 g/mol. The summed E-state index contributed by atoms with van der Waals surface area (Å²) in [6.07, 6.45) is 0.757. The Morgan fingerprint density at radius 2 is 1.96 bits per heavy atom. The zero-order valence-electron chi connectivity index (χ0n) is 14.8. The largest absolute Gasteiger partial charge is 0.346 e. The maximum atomic E-state index is 12.1. The minimum absolute atomic E-state index is 0.0777. The molecule has 0 fully saturated rings. The number of para-hydroxylation sites is 1. The average molecular weight is 361 g/mol. The number of nitrogens with one attached hydrogen (secondary N) is 3. The number of anilines is 1. The lowest BCUT2D eigenvalue weighted by Crippen LogP contribution is -2.37. The zero-order chi connectivity index (χ0) is 18.4. The fourth-order valence-electron chi connectivity index (χ4n) is 2.21. The first-order valence-electron chi connectivity index (χ1n) is 8.12. The van der Waals surface area contributed by atoms with Crippen LogP contribution in [-0.2, 0) is 16.0 Å². The van der Waals surface area contributed by atoms with Gasteiger partial charge in [0.25, 0.3) is 0 Å². The van der Waals surface area contributed by atoms with E-state index in [1.807, 2.05) is 39.0 Å². The van der Waals surface area contributed by atoms with E-state index in [9.17, 15) is 9.59 Å². The Bertz CT molecular complexity index is 739. The predicted octanol–water partition coefficient (Wildman–Crippen LogP) is 2.22. The average Bonchev–Trinajstić information content (AvgIpc) is 3.03. The number of thioether (sulfide) groups is 1. The summed E-state index contributed by atoms with van der Waals surface area (Å²) in [5.41, 5.74) is 2.76. The van der Waals surface area contributed by atoms with Crippen molar-refractivity contribution in [3.05, 3.63) is 35.2 Å². The number of benzene rings is 1. The van der Waals surface area contributed by atoms with Gasteiger partial charge in [-0.15, -0.1) is 5.10 Å². The van der Waals surface area contributed by atoms with Crippen molar-refractivity contribution in [2.24, 2.45) is 0 Å². The fourth-order valence-corrected chi connectivity index (χ4v) is 2.97. The van der Waals surface area contributed by atoms with Crippen molar-refractivity contribution < 1.29 is 9.59 Å². The third-order valence-electron chi connectivity index (χ3n) is 3.67. The molecule has 0 bridgehead atoms. The third-order valence-corrected chi connectivity index (χ3v) is 4.63. The van der Waals surface area contributed by atoms with E-state index in [1.54, 1.807) is 6.92 Å². The summed E-state index contributed by atoms with van der Waals surface area (Å²) < 4.78 is 0. The second-order valence-electron chi connectivity index (χ2n) is 5.71. The number of rotatable bonds is 7. The highest BCUT2D eigenvalue weighted by Gasteiger charge is 2.18. The summed E-state index contributed by atoms with van der Waals surface area (Å²) in [7, 11) is 0. The van der Waals surface area contributed by atoms with Gasteiger partial charge in [-0.2, -0.15) is 0 Å². The van der Waals surface area contributed by atoms with Crippen LogP contribution in [0.1, 0.15) is 30.8 Å². The Morgan fingerprint density at radius 3 is 2.56 bits per heavy atom. The van der Waals surface area contributed by atoms with Crippen molar-refractivity contribution >= 4 is 29.3 Å². The van der Waals surface area contributed by atoms with Gasteiger partial charge in [0.1, 0.15) is 5.82 Å². The molecule has 0 saturated heterocycles. The van der Waals surface area contributed by atoms with E-state index in [-0.39, 0.29) is 18.4 Å². The quantitative estimate of drug-likeness (QED) is 0.657. The predicted molar refractivity (Wildman–Crippen MR) is 98.6 cm³/mol.